The van der Waals surface area contributed by atoms with E-state index in [1.54, 1.807) is 45.8 Å². The molecule has 0 unspecified atom stereocenters. The van der Waals surface area contributed by atoms with Gasteiger partial charge in [-0.2, -0.15) is 5.10 Å². The zero-order valence-corrected chi connectivity index (χ0v) is 18.0. The third kappa shape index (κ3) is 4.18. The summed E-state index contributed by atoms with van der Waals surface area (Å²) < 4.78 is 36.7. The number of aromatic nitrogens is 2. The average molecular weight is 472 g/mol. The van der Waals surface area contributed by atoms with Gasteiger partial charge in [0, 0.05) is 24.5 Å². The summed E-state index contributed by atoms with van der Waals surface area (Å²) in [4.78, 5) is 17.8. The van der Waals surface area contributed by atoms with Gasteiger partial charge in [-0.3, -0.25) is 19.9 Å². The van der Waals surface area contributed by atoms with Crippen LogP contribution in [0, 0.1) is 11.6 Å². The molecule has 0 aliphatic carbocycles. The molecule has 3 N–H and O–H groups in total. The molecule has 0 atom stereocenters. The number of benzene rings is 1. The molecule has 0 spiro atoms. The molecule has 11 nitrogen and oxygen atoms in total. The molecular weight excluding hydrogens is 450 g/mol. The number of aliphatic imine (C=N–C) groups is 1. The van der Waals surface area contributed by atoms with E-state index in [0.717, 1.165) is 6.07 Å². The first kappa shape index (κ1) is 21.9. The summed E-state index contributed by atoms with van der Waals surface area (Å²) in [6.07, 6.45) is 8.22. The lowest BCUT2D eigenvalue weighted by Crippen LogP contribution is -2.42. The SMILES string of the molecule is O=C1COCCN1c1ccc(F)c(CN2NC=C3N=CN(Nc4cnn(CCO)c4)C=C32)c1F. The van der Waals surface area contributed by atoms with Crippen molar-refractivity contribution in [3.05, 3.63) is 65.5 Å². The Bertz CT molecular complexity index is 1190. The molecule has 0 saturated carbocycles. The average Bonchev–Trinajstić information content (AvgIpc) is 3.44. The van der Waals surface area contributed by atoms with Crippen molar-refractivity contribution < 1.29 is 23.4 Å². The van der Waals surface area contributed by atoms with Crippen LogP contribution in [0.4, 0.5) is 20.2 Å². The Hall–Kier alpha value is -3.97. The number of aliphatic hydroxyl groups is 1. The largest absolute Gasteiger partial charge is 0.394 e. The van der Waals surface area contributed by atoms with Crippen molar-refractivity contribution in [3.8, 4) is 0 Å². The number of hydrazine groups is 2. The van der Waals surface area contributed by atoms with Gasteiger partial charge in [-0.25, -0.2) is 18.8 Å². The fourth-order valence-electron chi connectivity index (χ4n) is 3.81. The van der Waals surface area contributed by atoms with Crippen molar-refractivity contribution in [3.63, 3.8) is 0 Å². The van der Waals surface area contributed by atoms with Crippen LogP contribution in [0.15, 0.2) is 53.3 Å². The number of carbonyl (C=O) groups is 1. The standard InChI is InChI=1S/C21H22F2N8O3/c22-16-1-2-18(30-4-6-34-12-20(30)33)21(23)15(16)10-31-19-11-29(13-24-17(19)8-26-31)27-14-7-25-28(9-14)3-5-32/h1-2,7-9,11,13,26-27,32H,3-6,10,12H2. The lowest BCUT2D eigenvalue weighted by Gasteiger charge is -2.29. The number of amides is 1. The number of ether oxygens (including phenoxy) is 1. The number of hydrogen-bond donors (Lipinski definition) is 3. The van der Waals surface area contributed by atoms with Gasteiger partial charge in [0.15, 0.2) is 5.82 Å². The molecule has 178 valence electrons. The second-order valence-electron chi connectivity index (χ2n) is 7.70. The summed E-state index contributed by atoms with van der Waals surface area (Å²) in [5.74, 6) is -1.89. The van der Waals surface area contributed by atoms with Gasteiger partial charge in [0.25, 0.3) is 5.91 Å². The number of halogens is 2. The molecule has 3 aliphatic heterocycles. The molecule has 13 heteroatoms. The maximum absolute atomic E-state index is 15.4. The fourth-order valence-corrected chi connectivity index (χ4v) is 3.81. The number of aliphatic hydroxyl groups excluding tert-OH is 1. The number of morpholine rings is 1. The summed E-state index contributed by atoms with van der Waals surface area (Å²) >= 11 is 0. The number of nitrogens with zero attached hydrogens (tertiary/aromatic N) is 6. The van der Waals surface area contributed by atoms with Gasteiger partial charge in [0.1, 0.15) is 30.2 Å². The Morgan fingerprint density at radius 2 is 2.18 bits per heavy atom. The first-order chi connectivity index (χ1) is 16.5. The predicted octanol–water partition coefficient (Wildman–Crippen LogP) is 0.891. The molecular formula is C21H22F2N8O3. The highest BCUT2D eigenvalue weighted by atomic mass is 19.1. The van der Waals surface area contributed by atoms with Crippen molar-refractivity contribution in [1.82, 2.24) is 25.2 Å². The summed E-state index contributed by atoms with van der Waals surface area (Å²) in [5.41, 5.74) is 7.75. The molecule has 1 aromatic heterocycles. The Balaban J connectivity index is 1.35. The molecule has 34 heavy (non-hydrogen) atoms. The molecule has 1 fully saturated rings. The third-order valence-corrected chi connectivity index (χ3v) is 5.47. The maximum Gasteiger partial charge on any atom is 0.253 e. The van der Waals surface area contributed by atoms with Crippen LogP contribution in [-0.2, 0) is 22.6 Å². The molecule has 1 aromatic carbocycles. The minimum Gasteiger partial charge on any atom is -0.394 e. The number of rotatable bonds is 7. The van der Waals surface area contributed by atoms with E-state index in [2.05, 4.69) is 20.9 Å². The van der Waals surface area contributed by atoms with E-state index >= 15 is 4.39 Å². The van der Waals surface area contributed by atoms with Crippen LogP contribution in [0.25, 0.3) is 0 Å². The van der Waals surface area contributed by atoms with E-state index < -0.39 is 11.6 Å². The fraction of sp³-hybridized carbons (Fsp3) is 0.286. The molecule has 0 radical (unpaired) electrons. The highest BCUT2D eigenvalue weighted by molar-refractivity contribution is 5.95. The molecule has 5 rings (SSSR count). The number of fused-ring (bicyclic) bond motifs is 1. The second-order valence-corrected chi connectivity index (χ2v) is 7.70. The summed E-state index contributed by atoms with van der Waals surface area (Å²) in [5, 5.41) is 16.3. The van der Waals surface area contributed by atoms with Gasteiger partial charge in [-0.05, 0) is 12.1 Å². The topological polar surface area (TPSA) is 110 Å². The van der Waals surface area contributed by atoms with Crippen LogP contribution in [-0.4, -0.2) is 63.5 Å². The van der Waals surface area contributed by atoms with E-state index in [0.29, 0.717) is 23.6 Å². The number of anilines is 2. The van der Waals surface area contributed by atoms with E-state index in [-0.39, 0.29) is 50.1 Å². The molecule has 4 heterocycles. The van der Waals surface area contributed by atoms with Crippen molar-refractivity contribution in [1.29, 1.82) is 0 Å². The zero-order chi connectivity index (χ0) is 23.7. The summed E-state index contributed by atoms with van der Waals surface area (Å²) in [7, 11) is 0. The first-order valence-electron chi connectivity index (χ1n) is 10.6. The Labute approximate surface area is 193 Å². The molecule has 1 amide bonds. The third-order valence-electron chi connectivity index (χ3n) is 5.47. The summed E-state index contributed by atoms with van der Waals surface area (Å²) in [6, 6.07) is 2.43. The van der Waals surface area contributed by atoms with E-state index in [9.17, 15) is 9.18 Å². The van der Waals surface area contributed by atoms with Crippen molar-refractivity contribution in [2.75, 3.05) is 36.7 Å². The van der Waals surface area contributed by atoms with Crippen LogP contribution in [0.1, 0.15) is 5.56 Å². The monoisotopic (exact) mass is 472 g/mol. The van der Waals surface area contributed by atoms with Gasteiger partial charge in [-0.1, -0.05) is 0 Å². The molecule has 1 saturated heterocycles. The van der Waals surface area contributed by atoms with Gasteiger partial charge >= 0.3 is 0 Å². The van der Waals surface area contributed by atoms with Gasteiger partial charge in [-0.15, -0.1) is 0 Å². The van der Waals surface area contributed by atoms with Crippen molar-refractivity contribution in [2.45, 2.75) is 13.1 Å². The van der Waals surface area contributed by atoms with Crippen LogP contribution in [0.5, 0.6) is 0 Å². The van der Waals surface area contributed by atoms with Crippen molar-refractivity contribution >= 4 is 23.6 Å². The number of carbonyl (C=O) groups excluding carboxylic acids is 1. The lowest BCUT2D eigenvalue weighted by molar-refractivity contribution is -0.125. The maximum atomic E-state index is 15.4. The Morgan fingerprint density at radius 3 is 3.00 bits per heavy atom. The summed E-state index contributed by atoms with van der Waals surface area (Å²) in [6.45, 7) is 0.537. The Morgan fingerprint density at radius 1 is 1.29 bits per heavy atom. The molecule has 0 bridgehead atoms. The van der Waals surface area contributed by atoms with Crippen LogP contribution < -0.4 is 15.8 Å². The zero-order valence-electron chi connectivity index (χ0n) is 18.0. The Kier molecular flexibility index (Phi) is 5.86. The first-order valence-corrected chi connectivity index (χ1v) is 10.6. The highest BCUT2D eigenvalue weighted by Gasteiger charge is 2.29. The number of nitrogens with one attached hydrogen (secondary N) is 2. The van der Waals surface area contributed by atoms with E-state index in [4.69, 9.17) is 9.84 Å². The van der Waals surface area contributed by atoms with Gasteiger partial charge in [0.2, 0.25) is 0 Å². The van der Waals surface area contributed by atoms with Gasteiger partial charge < -0.3 is 20.2 Å². The number of hydrogen-bond acceptors (Lipinski definition) is 9. The minimum atomic E-state index is -0.795. The normalized spacial score (nSPS) is 17.5. The second kappa shape index (κ2) is 9.11. The predicted molar refractivity (Wildman–Crippen MR) is 118 cm³/mol. The van der Waals surface area contributed by atoms with Crippen LogP contribution >= 0.6 is 0 Å². The van der Waals surface area contributed by atoms with Crippen LogP contribution in [0.3, 0.4) is 0 Å². The van der Waals surface area contributed by atoms with E-state index in [1.165, 1.54) is 11.0 Å². The van der Waals surface area contributed by atoms with Crippen molar-refractivity contribution in [2.24, 2.45) is 4.99 Å². The smallest absolute Gasteiger partial charge is 0.253 e. The highest BCUT2D eigenvalue weighted by Crippen LogP contribution is 2.30. The van der Waals surface area contributed by atoms with Crippen LogP contribution in [0.2, 0.25) is 0 Å². The van der Waals surface area contributed by atoms with Gasteiger partial charge in [0.05, 0.1) is 50.1 Å². The minimum absolute atomic E-state index is 0.0240. The molecule has 2 aromatic rings. The molecule has 3 aliphatic rings. The van der Waals surface area contributed by atoms with E-state index in [1.807, 2.05) is 0 Å². The quantitative estimate of drug-likeness (QED) is 0.545. The lowest BCUT2D eigenvalue weighted by atomic mass is 10.1.